The Morgan fingerprint density at radius 1 is 0.300 bits per heavy atom. The van der Waals surface area contributed by atoms with E-state index >= 15 is 0 Å². The van der Waals surface area contributed by atoms with Gasteiger partial charge in [-0.15, -0.1) is 0 Å². The fourth-order valence-corrected chi connectivity index (χ4v) is 8.72. The average Bonchev–Trinajstić information content (AvgIpc) is 3.36. The van der Waals surface area contributed by atoms with Crippen molar-refractivity contribution in [3.05, 3.63) is 60.8 Å². The number of hydrogen-bond donors (Lipinski definition) is 0. The molecule has 406 valence electrons. The van der Waals surface area contributed by atoms with E-state index in [1.807, 2.05) is 0 Å². The van der Waals surface area contributed by atoms with Crippen molar-refractivity contribution < 1.29 is 28.6 Å². The van der Waals surface area contributed by atoms with E-state index in [9.17, 15) is 14.4 Å². The van der Waals surface area contributed by atoms with Gasteiger partial charge in [0.1, 0.15) is 13.2 Å². The topological polar surface area (TPSA) is 78.9 Å². The van der Waals surface area contributed by atoms with Crippen molar-refractivity contribution in [2.75, 3.05) is 13.2 Å². The number of hydrogen-bond acceptors (Lipinski definition) is 6. The summed E-state index contributed by atoms with van der Waals surface area (Å²) in [6, 6.07) is 0. The summed E-state index contributed by atoms with van der Waals surface area (Å²) in [6.07, 6.45) is 73.7. The standard InChI is InChI=1S/C64H114O6/c1-4-7-10-13-16-19-22-25-27-28-29-30-31-32-33-34-35-36-37-40-42-45-48-51-54-57-63(66)69-60-61(59-68-62(65)56-53-50-47-44-41-38-24-21-18-15-12-9-6-3)70-64(67)58-55-52-49-46-43-39-26-23-20-17-14-11-8-5-2/h9,12,18,21-22,25,28-29,38,41,61H,4-8,10-11,13-17,19-20,23-24,26-27,30-37,39-40,42-60H2,1-3H3/b12-9-,21-18-,25-22-,29-28-,41-38-. The first-order valence-electron chi connectivity index (χ1n) is 30.3. The molecule has 0 aliphatic carbocycles. The highest BCUT2D eigenvalue weighted by molar-refractivity contribution is 5.71. The molecule has 0 rings (SSSR count). The molecule has 6 heteroatoms. The Hall–Kier alpha value is -2.89. The minimum Gasteiger partial charge on any atom is -0.462 e. The summed E-state index contributed by atoms with van der Waals surface area (Å²) in [6.45, 7) is 6.52. The predicted octanol–water partition coefficient (Wildman–Crippen LogP) is 20.4. The largest absolute Gasteiger partial charge is 0.462 e. The Morgan fingerprint density at radius 3 is 0.886 bits per heavy atom. The summed E-state index contributed by atoms with van der Waals surface area (Å²) in [5.41, 5.74) is 0. The number of ether oxygens (including phenoxy) is 3. The first kappa shape index (κ1) is 67.1. The molecule has 6 nitrogen and oxygen atoms in total. The monoisotopic (exact) mass is 979 g/mol. The quantitative estimate of drug-likeness (QED) is 0.0261. The maximum Gasteiger partial charge on any atom is 0.306 e. The summed E-state index contributed by atoms with van der Waals surface area (Å²) >= 11 is 0. The van der Waals surface area contributed by atoms with Crippen LogP contribution in [0.15, 0.2) is 60.8 Å². The van der Waals surface area contributed by atoms with Gasteiger partial charge in [-0.2, -0.15) is 0 Å². The Morgan fingerprint density at radius 2 is 0.557 bits per heavy atom. The van der Waals surface area contributed by atoms with Gasteiger partial charge in [-0.3, -0.25) is 14.4 Å². The molecule has 0 aromatic heterocycles. The first-order chi connectivity index (χ1) is 34.5. The molecule has 0 aliphatic heterocycles. The third kappa shape index (κ3) is 56.0. The van der Waals surface area contributed by atoms with Crippen molar-refractivity contribution >= 4 is 17.9 Å². The van der Waals surface area contributed by atoms with Crippen LogP contribution >= 0.6 is 0 Å². The molecule has 1 atom stereocenters. The van der Waals surface area contributed by atoms with Crippen LogP contribution in [0.25, 0.3) is 0 Å². The molecule has 0 radical (unpaired) electrons. The van der Waals surface area contributed by atoms with Gasteiger partial charge in [-0.05, 0) is 83.5 Å². The average molecular weight is 980 g/mol. The second-order valence-electron chi connectivity index (χ2n) is 20.2. The SMILES string of the molecule is CC/C=C\C/C=C\C/C=C\CCCCCC(=O)OCC(COC(=O)CCCCCCCCCCCCCCC/C=C\C/C=C\CCCCCCC)OC(=O)CCCCCCCCCCCCCCCC. The summed E-state index contributed by atoms with van der Waals surface area (Å²) in [4.78, 5) is 38.2. The summed E-state index contributed by atoms with van der Waals surface area (Å²) in [5.74, 6) is -0.898. The van der Waals surface area contributed by atoms with Crippen LogP contribution in [0.2, 0.25) is 0 Å². The Kier molecular flexibility index (Phi) is 56.3. The molecular formula is C64H114O6. The van der Waals surface area contributed by atoms with Gasteiger partial charge in [0, 0.05) is 19.3 Å². The number of carbonyl (C=O) groups is 3. The van der Waals surface area contributed by atoms with Crippen LogP contribution in [-0.2, 0) is 28.6 Å². The minimum atomic E-state index is -0.784. The third-order valence-electron chi connectivity index (χ3n) is 13.3. The molecule has 0 heterocycles. The number of esters is 3. The van der Waals surface area contributed by atoms with Gasteiger partial charge in [0.2, 0.25) is 0 Å². The van der Waals surface area contributed by atoms with E-state index in [1.54, 1.807) is 0 Å². The molecule has 0 amide bonds. The highest BCUT2D eigenvalue weighted by atomic mass is 16.6. The molecule has 0 aliphatic rings. The second-order valence-corrected chi connectivity index (χ2v) is 20.2. The maximum absolute atomic E-state index is 12.8. The van der Waals surface area contributed by atoms with Crippen molar-refractivity contribution in [3.8, 4) is 0 Å². The van der Waals surface area contributed by atoms with Crippen LogP contribution in [0.4, 0.5) is 0 Å². The highest BCUT2D eigenvalue weighted by Crippen LogP contribution is 2.17. The summed E-state index contributed by atoms with van der Waals surface area (Å²) < 4.78 is 16.9. The molecule has 0 aromatic rings. The molecule has 0 spiro atoms. The van der Waals surface area contributed by atoms with Gasteiger partial charge in [0.05, 0.1) is 0 Å². The molecule has 0 saturated carbocycles. The lowest BCUT2D eigenvalue weighted by Crippen LogP contribution is -2.30. The zero-order valence-corrected chi connectivity index (χ0v) is 46.5. The van der Waals surface area contributed by atoms with Crippen molar-refractivity contribution in [1.29, 1.82) is 0 Å². The van der Waals surface area contributed by atoms with Crippen LogP contribution in [0, 0.1) is 0 Å². The molecule has 0 N–H and O–H groups in total. The van der Waals surface area contributed by atoms with Gasteiger partial charge < -0.3 is 14.2 Å². The van der Waals surface area contributed by atoms with Gasteiger partial charge in [-0.25, -0.2) is 0 Å². The summed E-state index contributed by atoms with van der Waals surface area (Å²) in [5, 5.41) is 0. The third-order valence-corrected chi connectivity index (χ3v) is 13.3. The van der Waals surface area contributed by atoms with Crippen molar-refractivity contribution in [2.24, 2.45) is 0 Å². The minimum absolute atomic E-state index is 0.0810. The van der Waals surface area contributed by atoms with Crippen molar-refractivity contribution in [2.45, 2.75) is 316 Å². The van der Waals surface area contributed by atoms with E-state index in [2.05, 4.69) is 81.5 Å². The first-order valence-corrected chi connectivity index (χ1v) is 30.3. The Balaban J connectivity index is 4.26. The van der Waals surface area contributed by atoms with E-state index in [4.69, 9.17) is 14.2 Å². The van der Waals surface area contributed by atoms with E-state index in [1.165, 1.54) is 180 Å². The zero-order valence-electron chi connectivity index (χ0n) is 46.5. The van der Waals surface area contributed by atoms with Gasteiger partial charge in [0.15, 0.2) is 6.10 Å². The van der Waals surface area contributed by atoms with Gasteiger partial charge >= 0.3 is 17.9 Å². The van der Waals surface area contributed by atoms with Crippen LogP contribution in [0.1, 0.15) is 310 Å². The molecule has 0 fully saturated rings. The number of rotatable bonds is 55. The maximum atomic E-state index is 12.8. The molecule has 1 unspecified atom stereocenters. The molecular weight excluding hydrogens is 865 g/mol. The normalized spacial score (nSPS) is 12.4. The van der Waals surface area contributed by atoms with Crippen molar-refractivity contribution in [3.63, 3.8) is 0 Å². The molecule has 0 bridgehead atoms. The zero-order chi connectivity index (χ0) is 50.7. The lowest BCUT2D eigenvalue weighted by molar-refractivity contribution is -0.167. The molecule has 70 heavy (non-hydrogen) atoms. The summed E-state index contributed by atoms with van der Waals surface area (Å²) in [7, 11) is 0. The number of unbranched alkanes of at least 4 members (excludes halogenated alkanes) is 34. The smallest absolute Gasteiger partial charge is 0.306 e. The predicted molar refractivity (Wildman–Crippen MR) is 302 cm³/mol. The van der Waals surface area contributed by atoms with Crippen LogP contribution in [0.3, 0.4) is 0 Å². The fourth-order valence-electron chi connectivity index (χ4n) is 8.72. The van der Waals surface area contributed by atoms with E-state index < -0.39 is 6.10 Å². The number of carbonyl (C=O) groups excluding carboxylic acids is 3. The molecule has 0 saturated heterocycles. The van der Waals surface area contributed by atoms with Gasteiger partial charge in [-0.1, -0.05) is 268 Å². The Labute approximate surface area is 434 Å². The Bertz CT molecular complexity index is 1260. The van der Waals surface area contributed by atoms with E-state index in [0.29, 0.717) is 19.3 Å². The van der Waals surface area contributed by atoms with Crippen LogP contribution < -0.4 is 0 Å². The lowest BCUT2D eigenvalue weighted by atomic mass is 10.0. The van der Waals surface area contributed by atoms with E-state index in [-0.39, 0.29) is 31.1 Å². The lowest BCUT2D eigenvalue weighted by Gasteiger charge is -2.18. The van der Waals surface area contributed by atoms with Gasteiger partial charge in [0.25, 0.3) is 0 Å². The second kappa shape index (κ2) is 58.7. The fraction of sp³-hybridized carbons (Fsp3) is 0.797. The molecule has 0 aromatic carbocycles. The van der Waals surface area contributed by atoms with Crippen molar-refractivity contribution in [1.82, 2.24) is 0 Å². The highest BCUT2D eigenvalue weighted by Gasteiger charge is 2.19. The number of allylic oxidation sites excluding steroid dienone is 10. The van der Waals surface area contributed by atoms with Crippen LogP contribution in [0.5, 0.6) is 0 Å². The van der Waals surface area contributed by atoms with E-state index in [0.717, 1.165) is 89.9 Å². The van der Waals surface area contributed by atoms with Crippen LogP contribution in [-0.4, -0.2) is 37.2 Å².